The van der Waals surface area contributed by atoms with Crippen molar-refractivity contribution >= 4 is 27.4 Å². The van der Waals surface area contributed by atoms with E-state index in [1.165, 1.54) is 36.1 Å². The van der Waals surface area contributed by atoms with Gasteiger partial charge in [-0.05, 0) is 56.3 Å². The van der Waals surface area contributed by atoms with E-state index in [1.807, 2.05) is 0 Å². The molecular weight excluding hydrogens is 266 g/mol. The second kappa shape index (κ2) is 5.01. The van der Waals surface area contributed by atoms with Crippen LogP contribution in [0.1, 0.15) is 32.6 Å². The van der Waals surface area contributed by atoms with Gasteiger partial charge in [-0.2, -0.15) is 4.37 Å². The minimum absolute atomic E-state index is 0.683. The Morgan fingerprint density at radius 2 is 2.00 bits per heavy atom. The van der Waals surface area contributed by atoms with Crippen molar-refractivity contribution in [2.45, 2.75) is 50.7 Å². The van der Waals surface area contributed by atoms with Crippen LogP contribution in [0.25, 0.3) is 10.9 Å². The molecule has 2 atom stereocenters. The standard InChI is InChI=1S/C16H21N3S/c1-2-19(13-9-11-7-8-12(10-13)17-11)16-14-5-3-4-6-15(14)18-20-16/h3-6,11-13,17H,2,7-10H2,1H3. The third-order valence-corrected chi connectivity index (χ3v) is 5.77. The van der Waals surface area contributed by atoms with Gasteiger partial charge in [-0.3, -0.25) is 0 Å². The van der Waals surface area contributed by atoms with Crippen LogP contribution in [-0.4, -0.2) is 29.0 Å². The summed E-state index contributed by atoms with van der Waals surface area (Å²) in [5.41, 5.74) is 1.14. The van der Waals surface area contributed by atoms with E-state index in [0.717, 1.165) is 24.1 Å². The van der Waals surface area contributed by atoms with Gasteiger partial charge in [0.2, 0.25) is 0 Å². The average Bonchev–Trinajstić information content (AvgIpc) is 3.04. The molecule has 106 valence electrons. The molecule has 1 aromatic carbocycles. The lowest BCUT2D eigenvalue weighted by atomic mass is 9.98. The zero-order valence-electron chi connectivity index (χ0n) is 11.9. The van der Waals surface area contributed by atoms with Crippen LogP contribution in [0.2, 0.25) is 0 Å². The highest BCUT2D eigenvalue weighted by Crippen LogP contribution is 2.37. The highest BCUT2D eigenvalue weighted by atomic mass is 32.1. The quantitative estimate of drug-likeness (QED) is 0.937. The Labute approximate surface area is 124 Å². The summed E-state index contributed by atoms with van der Waals surface area (Å²) >= 11 is 1.67. The molecule has 0 spiro atoms. The largest absolute Gasteiger partial charge is 0.359 e. The van der Waals surface area contributed by atoms with Crippen LogP contribution in [-0.2, 0) is 0 Å². The molecule has 1 N–H and O–H groups in total. The van der Waals surface area contributed by atoms with E-state index < -0.39 is 0 Å². The average molecular weight is 287 g/mol. The molecule has 2 aliphatic rings. The molecule has 0 amide bonds. The number of aromatic nitrogens is 1. The molecule has 2 aromatic rings. The van der Waals surface area contributed by atoms with Crippen LogP contribution in [0, 0.1) is 0 Å². The molecule has 2 saturated heterocycles. The van der Waals surface area contributed by atoms with Gasteiger partial charge in [0.1, 0.15) is 5.00 Å². The summed E-state index contributed by atoms with van der Waals surface area (Å²) in [6.45, 7) is 3.36. The Balaban J connectivity index is 1.67. The lowest BCUT2D eigenvalue weighted by Crippen LogP contribution is -2.48. The normalized spacial score (nSPS) is 28.9. The fourth-order valence-electron chi connectivity index (χ4n) is 3.93. The third kappa shape index (κ3) is 2.02. The summed E-state index contributed by atoms with van der Waals surface area (Å²) in [5, 5.41) is 6.44. The molecule has 3 heterocycles. The molecule has 2 bridgehead atoms. The van der Waals surface area contributed by atoms with Gasteiger partial charge < -0.3 is 10.2 Å². The van der Waals surface area contributed by atoms with Gasteiger partial charge in [0.25, 0.3) is 0 Å². The maximum Gasteiger partial charge on any atom is 0.120 e. The summed E-state index contributed by atoms with van der Waals surface area (Å²) < 4.78 is 4.62. The first-order valence-corrected chi connectivity index (χ1v) is 8.49. The van der Waals surface area contributed by atoms with Gasteiger partial charge in [0.05, 0.1) is 5.52 Å². The van der Waals surface area contributed by atoms with Gasteiger partial charge in [0, 0.05) is 30.1 Å². The van der Waals surface area contributed by atoms with Crippen molar-refractivity contribution in [1.82, 2.24) is 9.69 Å². The molecule has 20 heavy (non-hydrogen) atoms. The predicted molar refractivity (Wildman–Crippen MR) is 85.6 cm³/mol. The summed E-state index contributed by atoms with van der Waals surface area (Å²) in [7, 11) is 0. The Kier molecular flexibility index (Phi) is 3.15. The Bertz CT molecular complexity index is 597. The van der Waals surface area contributed by atoms with Crippen LogP contribution in [0.4, 0.5) is 5.00 Å². The van der Waals surface area contributed by atoms with Crippen molar-refractivity contribution in [2.24, 2.45) is 0 Å². The second-order valence-corrected chi connectivity index (χ2v) is 6.81. The first kappa shape index (κ1) is 12.6. The molecule has 1 aromatic heterocycles. The first-order valence-electron chi connectivity index (χ1n) is 7.72. The van der Waals surface area contributed by atoms with Crippen LogP contribution < -0.4 is 10.2 Å². The topological polar surface area (TPSA) is 28.2 Å². The lowest BCUT2D eigenvalue weighted by Gasteiger charge is -2.37. The highest BCUT2D eigenvalue weighted by molar-refractivity contribution is 7.11. The summed E-state index contributed by atoms with van der Waals surface area (Å²) in [6.07, 6.45) is 5.30. The summed E-state index contributed by atoms with van der Waals surface area (Å²) in [4.78, 5) is 2.60. The molecule has 2 aliphatic heterocycles. The van der Waals surface area contributed by atoms with E-state index in [1.54, 1.807) is 11.5 Å². The van der Waals surface area contributed by atoms with Crippen molar-refractivity contribution in [3.63, 3.8) is 0 Å². The Morgan fingerprint density at radius 3 is 2.75 bits per heavy atom. The maximum absolute atomic E-state index is 4.62. The molecule has 2 fully saturated rings. The lowest BCUT2D eigenvalue weighted by molar-refractivity contribution is 0.350. The Morgan fingerprint density at radius 1 is 1.25 bits per heavy atom. The van der Waals surface area contributed by atoms with Crippen LogP contribution in [0.5, 0.6) is 0 Å². The van der Waals surface area contributed by atoms with E-state index in [-0.39, 0.29) is 0 Å². The van der Waals surface area contributed by atoms with Gasteiger partial charge in [0.15, 0.2) is 0 Å². The van der Waals surface area contributed by atoms with Crippen molar-refractivity contribution < 1.29 is 0 Å². The maximum atomic E-state index is 4.62. The molecule has 3 nitrogen and oxygen atoms in total. The molecule has 2 unspecified atom stereocenters. The number of anilines is 1. The van der Waals surface area contributed by atoms with Crippen molar-refractivity contribution in [3.05, 3.63) is 24.3 Å². The minimum Gasteiger partial charge on any atom is -0.359 e. The van der Waals surface area contributed by atoms with Crippen LogP contribution in [0.3, 0.4) is 0 Å². The fraction of sp³-hybridized carbons (Fsp3) is 0.562. The fourth-order valence-corrected chi connectivity index (χ4v) is 4.93. The summed E-state index contributed by atoms with van der Waals surface area (Å²) in [6, 6.07) is 10.7. The van der Waals surface area contributed by atoms with Crippen molar-refractivity contribution in [3.8, 4) is 0 Å². The second-order valence-electron chi connectivity index (χ2n) is 6.05. The van der Waals surface area contributed by atoms with Gasteiger partial charge in [-0.25, -0.2) is 0 Å². The van der Waals surface area contributed by atoms with Crippen molar-refractivity contribution in [2.75, 3.05) is 11.4 Å². The van der Waals surface area contributed by atoms with Crippen LogP contribution >= 0.6 is 11.5 Å². The van der Waals surface area contributed by atoms with Gasteiger partial charge in [-0.15, -0.1) is 0 Å². The zero-order valence-corrected chi connectivity index (χ0v) is 12.7. The number of nitrogens with one attached hydrogen (secondary N) is 1. The summed E-state index contributed by atoms with van der Waals surface area (Å²) in [5.74, 6) is 0. The Hall–Kier alpha value is -1.13. The van der Waals surface area contributed by atoms with Gasteiger partial charge >= 0.3 is 0 Å². The van der Waals surface area contributed by atoms with E-state index >= 15 is 0 Å². The van der Waals surface area contributed by atoms with Gasteiger partial charge in [-0.1, -0.05) is 12.1 Å². The molecule has 0 radical (unpaired) electrons. The number of piperidine rings is 1. The number of fused-ring (bicyclic) bond motifs is 3. The minimum atomic E-state index is 0.683. The smallest absolute Gasteiger partial charge is 0.120 e. The molecule has 0 saturated carbocycles. The highest BCUT2D eigenvalue weighted by Gasteiger charge is 2.36. The van der Waals surface area contributed by atoms with E-state index in [4.69, 9.17) is 0 Å². The molecule has 0 aliphatic carbocycles. The monoisotopic (exact) mass is 287 g/mol. The number of benzene rings is 1. The van der Waals surface area contributed by atoms with Crippen LogP contribution in [0.15, 0.2) is 24.3 Å². The van der Waals surface area contributed by atoms with E-state index in [2.05, 4.69) is 45.8 Å². The molecular formula is C16H21N3S. The number of hydrogen-bond acceptors (Lipinski definition) is 4. The van der Waals surface area contributed by atoms with Crippen molar-refractivity contribution in [1.29, 1.82) is 0 Å². The van der Waals surface area contributed by atoms with E-state index in [9.17, 15) is 0 Å². The number of nitrogens with zero attached hydrogens (tertiary/aromatic N) is 2. The third-order valence-electron chi connectivity index (χ3n) is 4.86. The number of hydrogen-bond donors (Lipinski definition) is 1. The molecule has 4 rings (SSSR count). The first-order chi connectivity index (χ1) is 9.85. The predicted octanol–water partition coefficient (Wildman–Crippen LogP) is 3.41. The number of rotatable bonds is 3. The SMILES string of the molecule is CCN(c1snc2ccccc12)C1CC2CCC(C1)N2. The molecule has 4 heteroatoms. The zero-order chi connectivity index (χ0) is 13.5. The van der Waals surface area contributed by atoms with E-state index in [0.29, 0.717) is 6.04 Å².